The van der Waals surface area contributed by atoms with Crippen LogP contribution in [0.5, 0.6) is 0 Å². The largest absolute Gasteiger partial charge is 0.355 e. The third kappa shape index (κ3) is 2.57. The zero-order chi connectivity index (χ0) is 11.4. The van der Waals surface area contributed by atoms with Crippen molar-refractivity contribution in [3.63, 3.8) is 0 Å². The van der Waals surface area contributed by atoms with Crippen LogP contribution in [0.25, 0.3) is 0 Å². The molecule has 1 saturated carbocycles. The molecule has 2 aliphatic rings. The predicted molar refractivity (Wildman–Crippen MR) is 65.2 cm³/mol. The Morgan fingerprint density at radius 3 is 2.81 bits per heavy atom. The summed E-state index contributed by atoms with van der Waals surface area (Å²) >= 11 is 0. The molecular weight excluding hydrogens is 200 g/mol. The first-order valence-electron chi connectivity index (χ1n) is 6.77. The number of carbonyl (C=O) groups is 1. The Bertz CT molecular complexity index is 243. The van der Waals surface area contributed by atoms with E-state index in [2.05, 4.69) is 17.6 Å². The fourth-order valence-electron chi connectivity index (χ4n) is 2.81. The van der Waals surface area contributed by atoms with Crippen LogP contribution in [0.3, 0.4) is 0 Å². The van der Waals surface area contributed by atoms with Crippen LogP contribution in [-0.4, -0.2) is 25.0 Å². The molecule has 2 fully saturated rings. The molecule has 3 nitrogen and oxygen atoms in total. The minimum atomic E-state index is 0.0616. The highest BCUT2D eigenvalue weighted by atomic mass is 16.2. The van der Waals surface area contributed by atoms with Gasteiger partial charge in [0, 0.05) is 13.1 Å². The minimum absolute atomic E-state index is 0.0616. The van der Waals surface area contributed by atoms with Crippen LogP contribution in [0.4, 0.5) is 0 Å². The van der Waals surface area contributed by atoms with E-state index in [-0.39, 0.29) is 11.9 Å². The van der Waals surface area contributed by atoms with Gasteiger partial charge in [0.25, 0.3) is 0 Å². The second-order valence-electron chi connectivity index (χ2n) is 5.43. The molecule has 0 aromatic rings. The Morgan fingerprint density at radius 1 is 1.38 bits per heavy atom. The molecule has 1 aliphatic heterocycles. The molecule has 2 N–H and O–H groups in total. The second-order valence-corrected chi connectivity index (χ2v) is 5.43. The summed E-state index contributed by atoms with van der Waals surface area (Å²) in [7, 11) is 0. The SMILES string of the molecule is CCC1(CNC2CCCCNC2=O)CCC1. The van der Waals surface area contributed by atoms with Crippen molar-refractivity contribution < 1.29 is 4.79 Å². The van der Waals surface area contributed by atoms with Crippen molar-refractivity contribution in [2.45, 2.75) is 57.9 Å². The Hall–Kier alpha value is -0.570. The van der Waals surface area contributed by atoms with Crippen molar-refractivity contribution >= 4 is 5.91 Å². The second kappa shape index (κ2) is 5.17. The maximum absolute atomic E-state index is 11.8. The highest BCUT2D eigenvalue weighted by molar-refractivity contribution is 5.81. The summed E-state index contributed by atoms with van der Waals surface area (Å²) in [6.07, 6.45) is 8.58. The molecule has 16 heavy (non-hydrogen) atoms. The monoisotopic (exact) mass is 224 g/mol. The topological polar surface area (TPSA) is 41.1 Å². The van der Waals surface area contributed by atoms with E-state index in [0.717, 1.165) is 32.4 Å². The molecular formula is C13H24N2O. The number of rotatable bonds is 4. The normalized spacial score (nSPS) is 29.1. The summed E-state index contributed by atoms with van der Waals surface area (Å²) in [5.74, 6) is 0.211. The van der Waals surface area contributed by atoms with Gasteiger partial charge in [0.05, 0.1) is 6.04 Å². The molecule has 0 bridgehead atoms. The molecule has 0 aromatic carbocycles. The van der Waals surface area contributed by atoms with Crippen LogP contribution in [-0.2, 0) is 4.79 Å². The molecule has 92 valence electrons. The average molecular weight is 224 g/mol. The van der Waals surface area contributed by atoms with E-state index in [0.29, 0.717) is 5.41 Å². The molecule has 2 rings (SSSR count). The van der Waals surface area contributed by atoms with Crippen LogP contribution in [0.1, 0.15) is 51.9 Å². The lowest BCUT2D eigenvalue weighted by Crippen LogP contribution is -2.48. The number of hydrogen-bond donors (Lipinski definition) is 2. The fourth-order valence-corrected chi connectivity index (χ4v) is 2.81. The highest BCUT2D eigenvalue weighted by Crippen LogP contribution is 2.43. The maximum Gasteiger partial charge on any atom is 0.237 e. The molecule has 1 atom stereocenters. The molecule has 1 aliphatic carbocycles. The van der Waals surface area contributed by atoms with Crippen molar-refractivity contribution in [1.29, 1.82) is 0 Å². The smallest absolute Gasteiger partial charge is 0.237 e. The maximum atomic E-state index is 11.8. The number of amides is 1. The minimum Gasteiger partial charge on any atom is -0.355 e. The third-order valence-electron chi connectivity index (χ3n) is 4.42. The van der Waals surface area contributed by atoms with E-state index in [1.54, 1.807) is 0 Å². The highest BCUT2D eigenvalue weighted by Gasteiger charge is 2.35. The Balaban J connectivity index is 1.81. The summed E-state index contributed by atoms with van der Waals surface area (Å²) in [6, 6.07) is 0.0616. The zero-order valence-corrected chi connectivity index (χ0v) is 10.3. The summed E-state index contributed by atoms with van der Waals surface area (Å²) < 4.78 is 0. The molecule has 1 saturated heterocycles. The van der Waals surface area contributed by atoms with Gasteiger partial charge in [-0.25, -0.2) is 0 Å². The number of carbonyl (C=O) groups excluding carboxylic acids is 1. The predicted octanol–water partition coefficient (Wildman–Crippen LogP) is 1.82. The van der Waals surface area contributed by atoms with Crippen LogP contribution >= 0.6 is 0 Å². The first-order chi connectivity index (χ1) is 7.76. The van der Waals surface area contributed by atoms with Crippen molar-refractivity contribution in [3.05, 3.63) is 0 Å². The van der Waals surface area contributed by atoms with Crippen molar-refractivity contribution in [1.82, 2.24) is 10.6 Å². The molecule has 3 heteroatoms. The van der Waals surface area contributed by atoms with E-state index < -0.39 is 0 Å². The van der Waals surface area contributed by atoms with Gasteiger partial charge in [-0.1, -0.05) is 13.3 Å². The van der Waals surface area contributed by atoms with Crippen LogP contribution in [0, 0.1) is 5.41 Å². The number of hydrogen-bond acceptors (Lipinski definition) is 2. The first kappa shape index (κ1) is 11.9. The zero-order valence-electron chi connectivity index (χ0n) is 10.3. The van der Waals surface area contributed by atoms with Gasteiger partial charge in [-0.15, -0.1) is 0 Å². The molecule has 1 heterocycles. The van der Waals surface area contributed by atoms with Gasteiger partial charge >= 0.3 is 0 Å². The third-order valence-corrected chi connectivity index (χ3v) is 4.42. The van der Waals surface area contributed by atoms with Gasteiger partial charge in [0.15, 0.2) is 0 Å². The lowest BCUT2D eigenvalue weighted by atomic mass is 9.67. The van der Waals surface area contributed by atoms with Gasteiger partial charge in [-0.2, -0.15) is 0 Å². The quantitative estimate of drug-likeness (QED) is 0.765. The number of nitrogens with one attached hydrogen (secondary N) is 2. The van der Waals surface area contributed by atoms with Gasteiger partial charge in [-0.05, 0) is 43.9 Å². The first-order valence-corrected chi connectivity index (χ1v) is 6.77. The summed E-state index contributed by atoms with van der Waals surface area (Å²) in [4.78, 5) is 11.8. The van der Waals surface area contributed by atoms with Crippen molar-refractivity contribution in [3.8, 4) is 0 Å². The average Bonchev–Trinajstić information content (AvgIpc) is 2.43. The lowest BCUT2D eigenvalue weighted by molar-refractivity contribution is -0.123. The summed E-state index contributed by atoms with van der Waals surface area (Å²) in [5.41, 5.74) is 0.507. The summed E-state index contributed by atoms with van der Waals surface area (Å²) in [5, 5.41) is 6.48. The Kier molecular flexibility index (Phi) is 3.85. The van der Waals surface area contributed by atoms with Gasteiger partial charge < -0.3 is 10.6 Å². The standard InChI is InChI=1S/C13H24N2O/c1-2-13(7-5-8-13)10-15-11-6-3-4-9-14-12(11)16/h11,15H,2-10H2,1H3,(H,14,16). The Labute approximate surface area is 98.4 Å². The molecule has 0 aromatic heterocycles. The van der Waals surface area contributed by atoms with Crippen molar-refractivity contribution in [2.24, 2.45) is 5.41 Å². The summed E-state index contributed by atoms with van der Waals surface area (Å²) in [6.45, 7) is 4.16. The van der Waals surface area contributed by atoms with Crippen LogP contribution in [0.15, 0.2) is 0 Å². The van der Waals surface area contributed by atoms with E-state index in [4.69, 9.17) is 0 Å². The Morgan fingerprint density at radius 2 is 2.19 bits per heavy atom. The van der Waals surface area contributed by atoms with Crippen LogP contribution in [0.2, 0.25) is 0 Å². The fraction of sp³-hybridized carbons (Fsp3) is 0.923. The van der Waals surface area contributed by atoms with Gasteiger partial charge in [0.2, 0.25) is 5.91 Å². The van der Waals surface area contributed by atoms with E-state index in [1.165, 1.54) is 25.7 Å². The van der Waals surface area contributed by atoms with Gasteiger partial charge in [-0.3, -0.25) is 4.79 Å². The van der Waals surface area contributed by atoms with Gasteiger partial charge in [0.1, 0.15) is 0 Å². The molecule has 0 spiro atoms. The molecule has 1 unspecified atom stereocenters. The molecule has 1 amide bonds. The van der Waals surface area contributed by atoms with E-state index in [9.17, 15) is 4.79 Å². The molecule has 0 radical (unpaired) electrons. The van der Waals surface area contributed by atoms with E-state index >= 15 is 0 Å². The lowest BCUT2D eigenvalue weighted by Gasteiger charge is -2.42. The van der Waals surface area contributed by atoms with Crippen molar-refractivity contribution in [2.75, 3.05) is 13.1 Å². The van der Waals surface area contributed by atoms with E-state index in [1.807, 2.05) is 0 Å². The van der Waals surface area contributed by atoms with Crippen LogP contribution < -0.4 is 10.6 Å².